The molecule has 49 heavy (non-hydrogen) atoms. The molecule has 4 aliphatic rings. The Labute approximate surface area is 288 Å². The molecule has 266 valence electrons. The number of amides is 2. The molecule has 0 radical (unpaired) electrons. The first-order chi connectivity index (χ1) is 23.5. The number of alkyl halides is 1. The summed E-state index contributed by atoms with van der Waals surface area (Å²) in [5, 5.41) is 3.14. The van der Waals surface area contributed by atoms with E-state index >= 15 is 0 Å². The van der Waals surface area contributed by atoms with Crippen molar-refractivity contribution in [2.24, 2.45) is 29.4 Å². The maximum atomic E-state index is 14.9. The number of esters is 1. The summed E-state index contributed by atoms with van der Waals surface area (Å²) in [4.78, 5) is 43.8. The van der Waals surface area contributed by atoms with Crippen molar-refractivity contribution >= 4 is 23.5 Å². The second-order valence-electron chi connectivity index (χ2n) is 14.9. The fraction of sp³-hybridized carbons (Fsp3) is 0.605. The van der Waals surface area contributed by atoms with Crippen LogP contribution < -0.4 is 16.0 Å². The highest BCUT2D eigenvalue weighted by Crippen LogP contribution is 2.53. The lowest BCUT2D eigenvalue weighted by Gasteiger charge is -2.51. The lowest BCUT2D eigenvalue weighted by atomic mass is 9.57. The molecule has 11 heteroatoms. The second-order valence-corrected chi connectivity index (χ2v) is 14.9. The first kappa shape index (κ1) is 35.3. The third-order valence-corrected chi connectivity index (χ3v) is 11.8. The van der Waals surface area contributed by atoms with E-state index in [2.05, 4.69) is 15.1 Å². The predicted octanol–water partition coefficient (Wildman–Crippen LogP) is 4.28. The lowest BCUT2D eigenvalue weighted by Crippen LogP contribution is -2.56. The van der Waals surface area contributed by atoms with E-state index in [4.69, 9.17) is 10.5 Å². The number of rotatable bonds is 13. The van der Waals surface area contributed by atoms with Crippen molar-refractivity contribution in [3.05, 3.63) is 65.0 Å². The largest absolute Gasteiger partial charge is 0.469 e. The summed E-state index contributed by atoms with van der Waals surface area (Å²) in [5.41, 5.74) is 8.46. The van der Waals surface area contributed by atoms with Crippen molar-refractivity contribution in [1.29, 1.82) is 0 Å². The van der Waals surface area contributed by atoms with Crippen LogP contribution in [-0.2, 0) is 26.3 Å². The number of hydrogen-bond donors (Lipinski definition) is 2. The smallest absolute Gasteiger partial charge is 0.305 e. The normalized spacial score (nSPS) is 23.8. The van der Waals surface area contributed by atoms with Gasteiger partial charge >= 0.3 is 5.97 Å². The molecule has 2 aromatic rings. The standard InChI is InChI=1S/C38H51F2N5O4/c1-25(46)42-24-38(30-6-4-7-31(39)17-30,35-8-3-5-27(35)16-36(47)49-2)29-11-13-43(14-12-29)18-26-19-45(20-26)33-9-10-34(37(41)48)28(15-33)21-44-22-32(40)23-44/h4,6-7,9-10,15,17,26-27,29,32,35H,3,5,8,11-14,16,18-24H2,1-2H3,(H2,41,48)(H,42,46)/t27-,35+,38+/m1/s1. The number of methoxy groups -OCH3 is 1. The summed E-state index contributed by atoms with van der Waals surface area (Å²) in [6.07, 6.45) is 4.19. The second kappa shape index (κ2) is 15.1. The van der Waals surface area contributed by atoms with E-state index in [1.165, 1.54) is 20.1 Å². The Morgan fingerprint density at radius 1 is 1.00 bits per heavy atom. The zero-order valence-electron chi connectivity index (χ0n) is 28.8. The van der Waals surface area contributed by atoms with Gasteiger partial charge in [-0.2, -0.15) is 0 Å². The van der Waals surface area contributed by atoms with Gasteiger partial charge in [0.15, 0.2) is 0 Å². The molecule has 3 saturated heterocycles. The van der Waals surface area contributed by atoms with Gasteiger partial charge in [-0.3, -0.25) is 19.3 Å². The Morgan fingerprint density at radius 3 is 2.41 bits per heavy atom. The average molecular weight is 680 g/mol. The number of halogens is 2. The van der Waals surface area contributed by atoms with Crippen LogP contribution in [0.4, 0.5) is 14.5 Å². The van der Waals surface area contributed by atoms with E-state index in [1.54, 1.807) is 18.2 Å². The van der Waals surface area contributed by atoms with Crippen molar-refractivity contribution in [3.8, 4) is 0 Å². The van der Waals surface area contributed by atoms with Gasteiger partial charge in [-0.05, 0) is 98.0 Å². The number of piperidine rings is 1. The van der Waals surface area contributed by atoms with Gasteiger partial charge < -0.3 is 25.6 Å². The van der Waals surface area contributed by atoms with Crippen molar-refractivity contribution in [2.75, 3.05) is 64.4 Å². The molecule has 1 aliphatic carbocycles. The number of carbonyl (C=O) groups excluding carboxylic acids is 3. The number of primary amides is 1. The van der Waals surface area contributed by atoms with Crippen LogP contribution in [0.1, 0.15) is 66.9 Å². The quantitative estimate of drug-likeness (QED) is 0.305. The summed E-state index contributed by atoms with van der Waals surface area (Å²) in [7, 11) is 1.43. The van der Waals surface area contributed by atoms with E-state index in [9.17, 15) is 23.2 Å². The zero-order valence-corrected chi connectivity index (χ0v) is 28.8. The van der Waals surface area contributed by atoms with E-state index in [0.717, 1.165) is 81.6 Å². The number of nitrogens with two attached hydrogens (primary N) is 1. The molecule has 3 heterocycles. The summed E-state index contributed by atoms with van der Waals surface area (Å²) in [5.74, 6) is -0.154. The first-order valence-electron chi connectivity index (χ1n) is 17.9. The molecule has 0 spiro atoms. The average Bonchev–Trinajstić information content (AvgIpc) is 3.50. The number of hydrogen-bond acceptors (Lipinski definition) is 7. The molecule has 0 unspecified atom stereocenters. The Hall–Kier alpha value is -3.57. The third kappa shape index (κ3) is 7.77. The topological polar surface area (TPSA) is 108 Å². The fourth-order valence-corrected chi connectivity index (χ4v) is 9.35. The molecule has 2 aromatic carbocycles. The van der Waals surface area contributed by atoms with Crippen molar-refractivity contribution < 1.29 is 27.9 Å². The molecule has 3 N–H and O–H groups in total. The number of nitrogens with zero attached hydrogens (tertiary/aromatic N) is 3. The molecule has 9 nitrogen and oxygen atoms in total. The lowest BCUT2D eigenvalue weighted by molar-refractivity contribution is -0.142. The van der Waals surface area contributed by atoms with Crippen LogP contribution >= 0.6 is 0 Å². The van der Waals surface area contributed by atoms with Crippen LogP contribution in [0, 0.1) is 29.5 Å². The summed E-state index contributed by atoms with van der Waals surface area (Å²) in [6.45, 7) is 7.87. The Bertz CT molecular complexity index is 1500. The number of ether oxygens (including phenoxy) is 1. The monoisotopic (exact) mass is 679 g/mol. The van der Waals surface area contributed by atoms with Gasteiger partial charge in [0.1, 0.15) is 12.0 Å². The molecule has 6 rings (SSSR count). The van der Waals surface area contributed by atoms with Crippen molar-refractivity contribution in [2.45, 2.75) is 63.6 Å². The highest BCUT2D eigenvalue weighted by Gasteiger charge is 2.52. The number of carbonyl (C=O) groups is 3. The van der Waals surface area contributed by atoms with Gasteiger partial charge in [0, 0.05) is 81.7 Å². The Morgan fingerprint density at radius 2 is 1.76 bits per heavy atom. The first-order valence-corrected chi connectivity index (χ1v) is 17.9. The molecule has 1 saturated carbocycles. The number of anilines is 1. The minimum Gasteiger partial charge on any atom is -0.469 e. The number of likely N-dealkylation sites (tertiary alicyclic amines) is 2. The van der Waals surface area contributed by atoms with Gasteiger partial charge in [-0.25, -0.2) is 8.78 Å². The molecule has 0 bridgehead atoms. The van der Waals surface area contributed by atoms with E-state index < -0.39 is 17.5 Å². The molecular weight excluding hydrogens is 628 g/mol. The number of benzene rings is 2. The van der Waals surface area contributed by atoms with Crippen molar-refractivity contribution in [3.63, 3.8) is 0 Å². The highest BCUT2D eigenvalue weighted by molar-refractivity contribution is 5.94. The minimum absolute atomic E-state index is 0.104. The summed E-state index contributed by atoms with van der Waals surface area (Å²) < 4.78 is 33.4. The minimum atomic E-state index is -0.803. The van der Waals surface area contributed by atoms with Crippen LogP contribution in [0.15, 0.2) is 42.5 Å². The van der Waals surface area contributed by atoms with Crippen LogP contribution in [-0.4, -0.2) is 93.2 Å². The van der Waals surface area contributed by atoms with Crippen LogP contribution in [0.2, 0.25) is 0 Å². The number of nitrogens with one attached hydrogen (secondary N) is 1. The Kier molecular flexibility index (Phi) is 10.9. The molecule has 3 atom stereocenters. The molecule has 2 amide bonds. The molecule has 4 fully saturated rings. The molecule has 3 aliphatic heterocycles. The van der Waals surface area contributed by atoms with E-state index in [-0.39, 0.29) is 35.4 Å². The molecule has 0 aromatic heterocycles. The van der Waals surface area contributed by atoms with E-state index in [1.807, 2.05) is 23.1 Å². The predicted molar refractivity (Wildman–Crippen MR) is 184 cm³/mol. The van der Waals surface area contributed by atoms with Gasteiger partial charge in [-0.1, -0.05) is 18.6 Å². The highest BCUT2D eigenvalue weighted by atomic mass is 19.1. The van der Waals surface area contributed by atoms with Crippen LogP contribution in [0.3, 0.4) is 0 Å². The maximum Gasteiger partial charge on any atom is 0.305 e. The van der Waals surface area contributed by atoms with E-state index in [0.29, 0.717) is 44.1 Å². The zero-order chi connectivity index (χ0) is 34.7. The summed E-state index contributed by atoms with van der Waals surface area (Å²) in [6, 6.07) is 12.7. The maximum absolute atomic E-state index is 14.9. The van der Waals surface area contributed by atoms with Gasteiger partial charge in [0.25, 0.3) is 0 Å². The molecular formula is C38H51F2N5O4. The van der Waals surface area contributed by atoms with Gasteiger partial charge in [0.05, 0.1) is 7.11 Å². The van der Waals surface area contributed by atoms with Gasteiger partial charge in [-0.15, -0.1) is 0 Å². The van der Waals surface area contributed by atoms with Crippen LogP contribution in [0.25, 0.3) is 0 Å². The summed E-state index contributed by atoms with van der Waals surface area (Å²) >= 11 is 0. The Balaban J connectivity index is 1.13. The SMILES string of the molecule is COC(=O)C[C@H]1CCC[C@@H]1[C@](CNC(C)=O)(c1cccc(F)c1)C1CCN(CC2CN(c3ccc(C(N)=O)c(CN4CC(F)C4)c3)C2)CC1. The third-order valence-electron chi connectivity index (χ3n) is 11.8. The van der Waals surface area contributed by atoms with Gasteiger partial charge in [0.2, 0.25) is 11.8 Å². The van der Waals surface area contributed by atoms with Crippen molar-refractivity contribution in [1.82, 2.24) is 15.1 Å². The van der Waals surface area contributed by atoms with Crippen LogP contribution in [0.5, 0.6) is 0 Å². The fourth-order valence-electron chi connectivity index (χ4n) is 9.35.